The largest absolute Gasteiger partial charge is 0.459 e. The molecule has 0 spiro atoms. The number of rotatable bonds is 1. The van der Waals surface area contributed by atoms with E-state index in [9.17, 15) is 35.1 Å². The van der Waals surface area contributed by atoms with Gasteiger partial charge in [0.25, 0.3) is 9.04 Å². The standard InChI is InChI=1S/C6Cl4F8O2/c7-3(8)4(9,10)20-2(19-3,6(16,17)18)1(11,12)5(13,14)15. The van der Waals surface area contributed by atoms with E-state index in [4.69, 9.17) is 46.4 Å². The predicted molar refractivity (Wildman–Crippen MR) is 50.8 cm³/mol. The molecule has 1 aliphatic heterocycles. The molecule has 0 aromatic heterocycles. The Labute approximate surface area is 124 Å². The fourth-order valence-electron chi connectivity index (χ4n) is 1.11. The maximum absolute atomic E-state index is 13.1. The SMILES string of the molecule is FC(F)(F)C(F)(F)C1(C(F)(F)F)OC(Cl)(Cl)C(Cl)(Cl)O1. The lowest BCUT2D eigenvalue weighted by Gasteiger charge is -2.36. The molecule has 1 heterocycles. The molecule has 0 radical (unpaired) electrons. The molecule has 0 amide bonds. The van der Waals surface area contributed by atoms with Crippen molar-refractivity contribution in [2.75, 3.05) is 0 Å². The van der Waals surface area contributed by atoms with Gasteiger partial charge < -0.3 is 0 Å². The highest BCUT2D eigenvalue weighted by Crippen LogP contribution is 2.65. The zero-order valence-corrected chi connectivity index (χ0v) is 11.4. The van der Waals surface area contributed by atoms with Gasteiger partial charge in [0.05, 0.1) is 0 Å². The summed E-state index contributed by atoms with van der Waals surface area (Å²) in [4.78, 5) is 0. The van der Waals surface area contributed by atoms with Crippen LogP contribution in [0.3, 0.4) is 0 Å². The van der Waals surface area contributed by atoms with E-state index >= 15 is 0 Å². The average Bonchev–Trinajstić information content (AvgIpc) is 2.30. The highest BCUT2D eigenvalue weighted by Gasteiger charge is 2.89. The van der Waals surface area contributed by atoms with Crippen molar-refractivity contribution in [3.8, 4) is 0 Å². The van der Waals surface area contributed by atoms with Gasteiger partial charge in [-0.3, -0.25) is 9.47 Å². The van der Waals surface area contributed by atoms with Gasteiger partial charge in [0.1, 0.15) is 0 Å². The van der Waals surface area contributed by atoms with Gasteiger partial charge in [0.15, 0.2) is 0 Å². The summed E-state index contributed by atoms with van der Waals surface area (Å²) in [6.45, 7) is 0. The quantitative estimate of drug-likeness (QED) is 0.469. The maximum Gasteiger partial charge on any atom is 0.459 e. The zero-order chi connectivity index (χ0) is 16.4. The van der Waals surface area contributed by atoms with Crippen molar-refractivity contribution in [2.24, 2.45) is 0 Å². The normalized spacial score (nSPS) is 25.8. The molecular formula is C6Cl4F8O2. The van der Waals surface area contributed by atoms with Gasteiger partial charge in [0, 0.05) is 0 Å². The molecule has 0 unspecified atom stereocenters. The van der Waals surface area contributed by atoms with Crippen molar-refractivity contribution in [1.29, 1.82) is 0 Å². The minimum absolute atomic E-state index is 3.36. The number of halogens is 12. The van der Waals surface area contributed by atoms with Crippen molar-refractivity contribution in [2.45, 2.75) is 33.1 Å². The summed E-state index contributed by atoms with van der Waals surface area (Å²) < 4.78 is 100. The van der Waals surface area contributed by atoms with Crippen LogP contribution in [-0.4, -0.2) is 33.1 Å². The molecule has 0 saturated carbocycles. The first-order valence-electron chi connectivity index (χ1n) is 4.08. The Morgan fingerprint density at radius 1 is 0.650 bits per heavy atom. The van der Waals surface area contributed by atoms with E-state index < -0.39 is 33.1 Å². The first-order valence-corrected chi connectivity index (χ1v) is 5.60. The Kier molecular flexibility index (Phi) is 4.19. The highest BCUT2D eigenvalue weighted by molar-refractivity contribution is 6.61. The summed E-state index contributed by atoms with van der Waals surface area (Å²) >= 11 is 19.8. The van der Waals surface area contributed by atoms with Crippen LogP contribution in [0.15, 0.2) is 0 Å². The van der Waals surface area contributed by atoms with Crippen LogP contribution in [0.2, 0.25) is 0 Å². The molecule has 0 atom stereocenters. The Morgan fingerprint density at radius 2 is 0.950 bits per heavy atom. The molecule has 1 rings (SSSR count). The van der Waals surface area contributed by atoms with Gasteiger partial charge in [-0.2, -0.15) is 35.1 Å². The first kappa shape index (κ1) is 18.6. The van der Waals surface area contributed by atoms with Gasteiger partial charge in [-0.05, 0) is 0 Å². The van der Waals surface area contributed by atoms with Crippen LogP contribution in [0, 0.1) is 0 Å². The smallest absolute Gasteiger partial charge is 0.296 e. The molecule has 120 valence electrons. The molecule has 20 heavy (non-hydrogen) atoms. The van der Waals surface area contributed by atoms with E-state index in [0.29, 0.717) is 0 Å². The molecule has 1 aliphatic rings. The van der Waals surface area contributed by atoms with Gasteiger partial charge in [0.2, 0.25) is 0 Å². The number of ether oxygens (including phenoxy) is 2. The summed E-state index contributed by atoms with van der Waals surface area (Å²) in [6, 6.07) is 0. The maximum atomic E-state index is 13.1. The fourth-order valence-corrected chi connectivity index (χ4v) is 1.70. The van der Waals surface area contributed by atoms with Crippen molar-refractivity contribution < 1.29 is 44.6 Å². The molecule has 14 heteroatoms. The molecule has 0 aromatic rings. The van der Waals surface area contributed by atoms with E-state index in [1.54, 1.807) is 0 Å². The van der Waals surface area contributed by atoms with Crippen molar-refractivity contribution in [3.05, 3.63) is 0 Å². The van der Waals surface area contributed by atoms with Crippen LogP contribution in [0.1, 0.15) is 0 Å². The predicted octanol–water partition coefficient (Wildman–Crippen LogP) is 4.75. The molecule has 0 aromatic carbocycles. The Bertz CT molecular complexity index is 387. The Hall–Kier alpha value is 0.520. The van der Waals surface area contributed by atoms with E-state index in [0.717, 1.165) is 0 Å². The minimum Gasteiger partial charge on any atom is -0.296 e. The molecule has 0 N–H and O–H groups in total. The molecule has 2 nitrogen and oxygen atoms in total. The summed E-state index contributed by atoms with van der Waals surface area (Å²) in [5.74, 6) is -12.2. The van der Waals surface area contributed by atoms with E-state index in [-0.39, 0.29) is 0 Å². The number of hydrogen-bond donors (Lipinski definition) is 0. The van der Waals surface area contributed by atoms with Crippen LogP contribution in [0.5, 0.6) is 0 Å². The van der Waals surface area contributed by atoms with Crippen LogP contribution in [0.4, 0.5) is 35.1 Å². The summed E-state index contributed by atoms with van der Waals surface area (Å²) in [5, 5.41) is 0. The summed E-state index contributed by atoms with van der Waals surface area (Å²) in [7, 11) is 0. The molecular weight excluding hydrogens is 398 g/mol. The van der Waals surface area contributed by atoms with E-state index in [2.05, 4.69) is 9.47 Å². The average molecular weight is 398 g/mol. The lowest BCUT2D eigenvalue weighted by atomic mass is 10.1. The van der Waals surface area contributed by atoms with E-state index in [1.165, 1.54) is 0 Å². The van der Waals surface area contributed by atoms with Crippen LogP contribution in [-0.2, 0) is 9.47 Å². The van der Waals surface area contributed by atoms with Crippen molar-refractivity contribution in [3.63, 3.8) is 0 Å². The van der Waals surface area contributed by atoms with Gasteiger partial charge in [-0.15, -0.1) is 0 Å². The fraction of sp³-hybridized carbons (Fsp3) is 1.00. The molecule has 1 saturated heterocycles. The van der Waals surface area contributed by atoms with Gasteiger partial charge in [-0.25, -0.2) is 0 Å². The third-order valence-corrected chi connectivity index (χ3v) is 3.79. The molecule has 0 bridgehead atoms. The number of hydrogen-bond acceptors (Lipinski definition) is 2. The third-order valence-electron chi connectivity index (χ3n) is 2.03. The lowest BCUT2D eigenvalue weighted by Crippen LogP contribution is -2.66. The summed E-state index contributed by atoms with van der Waals surface area (Å²) in [5.41, 5.74) is 0. The summed E-state index contributed by atoms with van der Waals surface area (Å²) in [6.07, 6.45) is -13.1. The Morgan fingerprint density at radius 3 is 1.15 bits per heavy atom. The molecule has 0 aliphatic carbocycles. The Balaban J connectivity index is 3.53. The highest BCUT2D eigenvalue weighted by atomic mass is 35.5. The van der Waals surface area contributed by atoms with Crippen molar-refractivity contribution >= 4 is 46.4 Å². The second kappa shape index (κ2) is 4.51. The second-order valence-electron chi connectivity index (χ2n) is 3.42. The lowest BCUT2D eigenvalue weighted by molar-refractivity contribution is -0.463. The topological polar surface area (TPSA) is 18.5 Å². The van der Waals surface area contributed by atoms with E-state index in [1.807, 2.05) is 0 Å². The third kappa shape index (κ3) is 2.41. The van der Waals surface area contributed by atoms with Crippen LogP contribution >= 0.6 is 46.4 Å². The van der Waals surface area contributed by atoms with Gasteiger partial charge in [-0.1, -0.05) is 46.4 Å². The number of alkyl halides is 12. The first-order chi connectivity index (χ1) is 8.41. The monoisotopic (exact) mass is 396 g/mol. The van der Waals surface area contributed by atoms with Crippen molar-refractivity contribution in [1.82, 2.24) is 0 Å². The second-order valence-corrected chi connectivity index (χ2v) is 5.94. The van der Waals surface area contributed by atoms with Gasteiger partial charge >= 0.3 is 24.1 Å². The zero-order valence-electron chi connectivity index (χ0n) is 8.35. The van der Waals surface area contributed by atoms with Crippen LogP contribution < -0.4 is 0 Å². The molecule has 1 fully saturated rings. The van der Waals surface area contributed by atoms with Crippen LogP contribution in [0.25, 0.3) is 0 Å². The minimum atomic E-state index is -6.72.